The molecule has 0 amide bonds. The Morgan fingerprint density at radius 1 is 1.00 bits per heavy atom. The van der Waals surface area contributed by atoms with Crippen LogP contribution in [-0.2, 0) is 4.79 Å². The normalized spacial score (nSPS) is 10.6. The van der Waals surface area contributed by atoms with Crippen LogP contribution in [0.3, 0.4) is 0 Å². The minimum Gasteiger partial charge on any atom is -0.426 e. The van der Waals surface area contributed by atoms with Crippen molar-refractivity contribution in [2.24, 2.45) is 5.92 Å². The lowest BCUT2D eigenvalue weighted by molar-refractivity contribution is -0.137. The van der Waals surface area contributed by atoms with Crippen molar-refractivity contribution in [3.05, 3.63) is 66.5 Å². The molecule has 132 valence electrons. The molecule has 0 fully saturated rings. The number of anilines is 2. The maximum atomic E-state index is 11.8. The Bertz CT molecular complexity index is 908. The van der Waals surface area contributed by atoms with Crippen LogP contribution in [-0.4, -0.2) is 15.9 Å². The maximum absolute atomic E-state index is 11.8. The van der Waals surface area contributed by atoms with Gasteiger partial charge in [-0.05, 0) is 19.1 Å². The molecule has 0 saturated carbocycles. The van der Waals surface area contributed by atoms with Crippen molar-refractivity contribution in [1.29, 1.82) is 0 Å². The summed E-state index contributed by atoms with van der Waals surface area (Å²) in [6.07, 6.45) is 0. The quantitative estimate of drug-likeness (QED) is 0.533. The van der Waals surface area contributed by atoms with Gasteiger partial charge < -0.3 is 10.1 Å². The van der Waals surface area contributed by atoms with E-state index < -0.39 is 0 Å². The van der Waals surface area contributed by atoms with Gasteiger partial charge in [-0.25, -0.2) is 9.97 Å². The number of carbonyl (C=O) groups excluding carboxylic acids is 1. The van der Waals surface area contributed by atoms with Crippen LogP contribution in [0.5, 0.6) is 5.75 Å². The Hall–Kier alpha value is -3.21. The highest BCUT2D eigenvalue weighted by molar-refractivity contribution is 5.75. The molecule has 26 heavy (non-hydrogen) atoms. The van der Waals surface area contributed by atoms with Crippen molar-refractivity contribution in [2.45, 2.75) is 20.8 Å². The fourth-order valence-corrected chi connectivity index (χ4v) is 2.41. The summed E-state index contributed by atoms with van der Waals surface area (Å²) in [6.45, 7) is 5.47. The first-order chi connectivity index (χ1) is 12.5. The zero-order valence-corrected chi connectivity index (χ0v) is 15.1. The maximum Gasteiger partial charge on any atom is 0.313 e. The van der Waals surface area contributed by atoms with E-state index in [2.05, 4.69) is 15.3 Å². The van der Waals surface area contributed by atoms with Gasteiger partial charge in [-0.2, -0.15) is 0 Å². The third-order valence-corrected chi connectivity index (χ3v) is 3.70. The number of aryl methyl sites for hydroxylation is 1. The minimum absolute atomic E-state index is 0.176. The molecule has 0 bridgehead atoms. The largest absolute Gasteiger partial charge is 0.426 e. The van der Waals surface area contributed by atoms with Crippen molar-refractivity contribution in [1.82, 2.24) is 9.97 Å². The van der Waals surface area contributed by atoms with Gasteiger partial charge in [-0.3, -0.25) is 4.79 Å². The van der Waals surface area contributed by atoms with E-state index in [-0.39, 0.29) is 11.9 Å². The highest BCUT2D eigenvalue weighted by atomic mass is 16.5. The van der Waals surface area contributed by atoms with Gasteiger partial charge in [0.05, 0.1) is 11.6 Å². The van der Waals surface area contributed by atoms with E-state index in [1.54, 1.807) is 26.0 Å². The number of nitrogens with one attached hydrogen (secondary N) is 1. The molecule has 1 aromatic heterocycles. The standard InChI is InChI=1S/C21H21N3O2/c1-14(2)21(25)26-18-11-7-10-17(12-18)24-20-13-19(22-15(3)23-20)16-8-5-4-6-9-16/h4-14H,1-3H3,(H,22,23,24). The molecule has 0 spiro atoms. The first-order valence-electron chi connectivity index (χ1n) is 8.51. The van der Waals surface area contributed by atoms with Crippen molar-refractivity contribution < 1.29 is 9.53 Å². The number of rotatable bonds is 5. The average molecular weight is 347 g/mol. The van der Waals surface area contributed by atoms with Gasteiger partial charge in [-0.1, -0.05) is 50.2 Å². The molecule has 1 N–H and O–H groups in total. The van der Waals surface area contributed by atoms with E-state index in [0.29, 0.717) is 17.4 Å². The van der Waals surface area contributed by atoms with E-state index in [1.165, 1.54) is 0 Å². The number of aromatic nitrogens is 2. The van der Waals surface area contributed by atoms with Gasteiger partial charge in [0.1, 0.15) is 17.4 Å². The Kier molecular flexibility index (Phi) is 5.27. The lowest BCUT2D eigenvalue weighted by Gasteiger charge is -2.11. The molecular formula is C21H21N3O2. The van der Waals surface area contributed by atoms with E-state index >= 15 is 0 Å². The fourth-order valence-electron chi connectivity index (χ4n) is 2.41. The van der Waals surface area contributed by atoms with Gasteiger partial charge >= 0.3 is 5.97 Å². The number of ether oxygens (including phenoxy) is 1. The Morgan fingerprint density at radius 2 is 1.77 bits per heavy atom. The second-order valence-corrected chi connectivity index (χ2v) is 6.28. The first kappa shape index (κ1) is 17.6. The topological polar surface area (TPSA) is 64.1 Å². The third kappa shape index (κ3) is 4.45. The molecular weight excluding hydrogens is 326 g/mol. The van der Waals surface area contributed by atoms with Gasteiger partial charge in [-0.15, -0.1) is 0 Å². The third-order valence-electron chi connectivity index (χ3n) is 3.70. The summed E-state index contributed by atoms with van der Waals surface area (Å²) in [7, 11) is 0. The average Bonchev–Trinajstić information content (AvgIpc) is 2.62. The summed E-state index contributed by atoms with van der Waals surface area (Å²) >= 11 is 0. The van der Waals surface area contributed by atoms with Crippen LogP contribution in [0.15, 0.2) is 60.7 Å². The van der Waals surface area contributed by atoms with Crippen LogP contribution >= 0.6 is 0 Å². The monoisotopic (exact) mass is 347 g/mol. The van der Waals surface area contributed by atoms with Crippen LogP contribution in [0, 0.1) is 12.8 Å². The minimum atomic E-state index is -0.258. The lowest BCUT2D eigenvalue weighted by atomic mass is 10.1. The number of carbonyl (C=O) groups is 1. The zero-order valence-electron chi connectivity index (χ0n) is 15.1. The van der Waals surface area contributed by atoms with E-state index in [4.69, 9.17) is 4.74 Å². The molecule has 0 unspecified atom stereocenters. The van der Waals surface area contributed by atoms with Crippen LogP contribution in [0.25, 0.3) is 11.3 Å². The van der Waals surface area contributed by atoms with Gasteiger partial charge in [0.15, 0.2) is 0 Å². The van der Waals surface area contributed by atoms with E-state index in [9.17, 15) is 4.79 Å². The van der Waals surface area contributed by atoms with Crippen LogP contribution in [0.1, 0.15) is 19.7 Å². The van der Waals surface area contributed by atoms with Crippen LogP contribution in [0.2, 0.25) is 0 Å². The number of benzene rings is 2. The molecule has 3 aromatic rings. The SMILES string of the molecule is Cc1nc(Nc2cccc(OC(=O)C(C)C)c2)cc(-c2ccccc2)n1. The predicted molar refractivity (Wildman–Crippen MR) is 102 cm³/mol. The number of hydrogen-bond acceptors (Lipinski definition) is 5. The summed E-state index contributed by atoms with van der Waals surface area (Å²) in [5, 5.41) is 3.26. The van der Waals surface area contributed by atoms with Crippen molar-refractivity contribution >= 4 is 17.5 Å². The molecule has 1 heterocycles. The fraction of sp³-hybridized carbons (Fsp3) is 0.190. The van der Waals surface area contributed by atoms with Crippen LogP contribution < -0.4 is 10.1 Å². The number of nitrogens with zero attached hydrogens (tertiary/aromatic N) is 2. The molecule has 0 saturated heterocycles. The summed E-state index contributed by atoms with van der Waals surface area (Å²) in [6, 6.07) is 19.1. The first-order valence-corrected chi connectivity index (χ1v) is 8.51. The molecule has 0 aliphatic rings. The highest BCUT2D eigenvalue weighted by Gasteiger charge is 2.10. The van der Waals surface area contributed by atoms with Gasteiger partial charge in [0, 0.05) is 23.4 Å². The Morgan fingerprint density at radius 3 is 2.50 bits per heavy atom. The molecule has 3 rings (SSSR count). The smallest absolute Gasteiger partial charge is 0.313 e. The summed E-state index contributed by atoms with van der Waals surface area (Å²) in [5.41, 5.74) is 2.67. The van der Waals surface area contributed by atoms with Crippen LogP contribution in [0.4, 0.5) is 11.5 Å². The number of hydrogen-bond donors (Lipinski definition) is 1. The van der Waals surface area contributed by atoms with Crippen molar-refractivity contribution in [3.8, 4) is 17.0 Å². The van der Waals surface area contributed by atoms with E-state index in [1.807, 2.05) is 55.5 Å². The Balaban J connectivity index is 1.83. The van der Waals surface area contributed by atoms with Gasteiger partial charge in [0.25, 0.3) is 0 Å². The molecule has 0 atom stereocenters. The molecule has 5 nitrogen and oxygen atoms in total. The summed E-state index contributed by atoms with van der Waals surface area (Å²) in [4.78, 5) is 20.7. The Labute approximate surface area is 153 Å². The van der Waals surface area contributed by atoms with Gasteiger partial charge in [0.2, 0.25) is 0 Å². The highest BCUT2D eigenvalue weighted by Crippen LogP contribution is 2.24. The lowest BCUT2D eigenvalue weighted by Crippen LogP contribution is -2.14. The number of esters is 1. The van der Waals surface area contributed by atoms with E-state index in [0.717, 1.165) is 16.9 Å². The molecule has 0 radical (unpaired) electrons. The molecule has 5 heteroatoms. The molecule has 2 aromatic carbocycles. The summed E-state index contributed by atoms with van der Waals surface area (Å²) < 4.78 is 5.36. The second kappa shape index (κ2) is 7.78. The van der Waals surface area contributed by atoms with Crippen molar-refractivity contribution in [3.63, 3.8) is 0 Å². The zero-order chi connectivity index (χ0) is 18.5. The van der Waals surface area contributed by atoms with Crippen molar-refractivity contribution in [2.75, 3.05) is 5.32 Å². The predicted octanol–water partition coefficient (Wildman–Crippen LogP) is 4.76. The molecule has 0 aliphatic heterocycles. The second-order valence-electron chi connectivity index (χ2n) is 6.28. The summed E-state index contributed by atoms with van der Waals surface area (Å²) in [5.74, 6) is 1.43. The molecule has 0 aliphatic carbocycles.